The fourth-order valence-corrected chi connectivity index (χ4v) is 1.98. The van der Waals surface area contributed by atoms with Crippen molar-refractivity contribution in [2.45, 2.75) is 0 Å². The molecule has 0 bridgehead atoms. The fourth-order valence-electron chi connectivity index (χ4n) is 1.98. The number of nitrogens with one attached hydrogen (secondary N) is 1. The van der Waals surface area contributed by atoms with Gasteiger partial charge in [0.15, 0.2) is 0 Å². The third kappa shape index (κ3) is 4.08. The third-order valence-corrected chi connectivity index (χ3v) is 3.05. The van der Waals surface area contributed by atoms with E-state index in [0.29, 0.717) is 5.69 Å². The molecule has 0 aliphatic rings. The molecule has 1 aromatic heterocycles. The van der Waals surface area contributed by atoms with Crippen LogP contribution in [0.5, 0.6) is 0 Å². The van der Waals surface area contributed by atoms with Gasteiger partial charge in [0, 0.05) is 36.9 Å². The van der Waals surface area contributed by atoms with Gasteiger partial charge in [-0.05, 0) is 36.4 Å². The lowest BCUT2D eigenvalue weighted by atomic mass is 10.3. The van der Waals surface area contributed by atoms with Crippen LogP contribution >= 0.6 is 0 Å². The number of carbonyl (C=O) groups excluding carboxylic acids is 1. The van der Waals surface area contributed by atoms with Crippen LogP contribution in [-0.4, -0.2) is 52.0 Å². The summed E-state index contributed by atoms with van der Waals surface area (Å²) in [5.41, 5.74) is 1.66. The van der Waals surface area contributed by atoms with Gasteiger partial charge in [-0.1, -0.05) is 0 Å². The van der Waals surface area contributed by atoms with Crippen molar-refractivity contribution >= 4 is 11.7 Å². The molecule has 112 valence electrons. The molecule has 21 heavy (non-hydrogen) atoms. The molecule has 2 amide bonds. The molecule has 6 nitrogen and oxygen atoms in total. The van der Waals surface area contributed by atoms with Gasteiger partial charge in [0.25, 0.3) is 0 Å². The number of carbonyl (C=O) groups is 1. The zero-order valence-electron chi connectivity index (χ0n) is 11.6. The molecule has 0 unspecified atom stereocenters. The molecule has 0 fully saturated rings. The molecule has 0 spiro atoms. The number of aliphatic hydroxyl groups is 2. The van der Waals surface area contributed by atoms with Crippen LogP contribution in [0.3, 0.4) is 0 Å². The average molecular weight is 289 g/mol. The molecule has 1 aromatic carbocycles. The summed E-state index contributed by atoms with van der Waals surface area (Å²) in [6, 6.07) is 11.0. The van der Waals surface area contributed by atoms with E-state index in [9.17, 15) is 4.79 Å². The van der Waals surface area contributed by atoms with Gasteiger partial charge >= 0.3 is 6.03 Å². The van der Waals surface area contributed by atoms with Crippen LogP contribution in [0.1, 0.15) is 0 Å². The molecule has 1 heterocycles. The van der Waals surface area contributed by atoms with E-state index >= 15 is 0 Å². The van der Waals surface area contributed by atoms with Gasteiger partial charge in [-0.25, -0.2) is 4.79 Å². The molecular weight excluding hydrogens is 270 g/mol. The van der Waals surface area contributed by atoms with E-state index in [1.165, 1.54) is 4.90 Å². The molecular formula is C15H19N3O3. The Morgan fingerprint density at radius 1 is 1.05 bits per heavy atom. The molecule has 6 heteroatoms. The number of anilines is 1. The Balaban J connectivity index is 2.00. The van der Waals surface area contributed by atoms with E-state index in [4.69, 9.17) is 10.2 Å². The maximum absolute atomic E-state index is 12.0. The molecule has 0 saturated heterocycles. The Morgan fingerprint density at radius 3 is 2.14 bits per heavy atom. The summed E-state index contributed by atoms with van der Waals surface area (Å²) in [4.78, 5) is 13.4. The van der Waals surface area contributed by atoms with Crippen molar-refractivity contribution in [2.75, 3.05) is 31.6 Å². The Morgan fingerprint density at radius 2 is 1.62 bits per heavy atom. The monoisotopic (exact) mass is 289 g/mol. The zero-order chi connectivity index (χ0) is 15.1. The summed E-state index contributed by atoms with van der Waals surface area (Å²) >= 11 is 0. The van der Waals surface area contributed by atoms with Gasteiger partial charge in [-0.2, -0.15) is 0 Å². The number of hydrogen-bond donors (Lipinski definition) is 3. The van der Waals surface area contributed by atoms with Crippen LogP contribution in [0.2, 0.25) is 0 Å². The highest BCUT2D eigenvalue weighted by Gasteiger charge is 2.12. The average Bonchev–Trinajstić information content (AvgIpc) is 3.02. The number of rotatable bonds is 6. The van der Waals surface area contributed by atoms with E-state index in [1.807, 2.05) is 53.4 Å². The molecule has 2 rings (SSSR count). The van der Waals surface area contributed by atoms with Crippen LogP contribution < -0.4 is 5.32 Å². The van der Waals surface area contributed by atoms with Gasteiger partial charge in [0.05, 0.1) is 13.2 Å². The Hall–Kier alpha value is -2.31. The van der Waals surface area contributed by atoms with Crippen molar-refractivity contribution in [1.82, 2.24) is 9.47 Å². The van der Waals surface area contributed by atoms with Crippen molar-refractivity contribution in [2.24, 2.45) is 0 Å². The largest absolute Gasteiger partial charge is 0.395 e. The number of urea groups is 1. The second kappa shape index (κ2) is 7.47. The number of aliphatic hydroxyl groups excluding tert-OH is 2. The summed E-state index contributed by atoms with van der Waals surface area (Å²) in [7, 11) is 0. The smallest absolute Gasteiger partial charge is 0.321 e. The SMILES string of the molecule is O=C(Nc1ccc(-n2cccc2)cc1)N(CCO)CCO. The van der Waals surface area contributed by atoms with Crippen molar-refractivity contribution in [1.29, 1.82) is 0 Å². The predicted octanol–water partition coefficient (Wildman–Crippen LogP) is 1.30. The second-order valence-electron chi connectivity index (χ2n) is 4.50. The van der Waals surface area contributed by atoms with Gasteiger partial charge in [0.1, 0.15) is 0 Å². The summed E-state index contributed by atoms with van der Waals surface area (Å²) in [5.74, 6) is 0. The topological polar surface area (TPSA) is 77.7 Å². The Kier molecular flexibility index (Phi) is 5.36. The molecule has 3 N–H and O–H groups in total. The zero-order valence-corrected chi connectivity index (χ0v) is 11.6. The van der Waals surface area contributed by atoms with Crippen LogP contribution in [0.15, 0.2) is 48.8 Å². The van der Waals surface area contributed by atoms with Gasteiger partial charge in [-0.15, -0.1) is 0 Å². The summed E-state index contributed by atoms with van der Waals surface area (Å²) in [6.45, 7) is 0.0989. The normalized spacial score (nSPS) is 10.4. The lowest BCUT2D eigenvalue weighted by Gasteiger charge is -2.21. The number of nitrogens with zero attached hydrogens (tertiary/aromatic N) is 2. The Bertz CT molecular complexity index is 546. The van der Waals surface area contributed by atoms with E-state index in [1.54, 1.807) is 0 Å². The molecule has 0 radical (unpaired) electrons. The van der Waals surface area contributed by atoms with Crippen molar-refractivity contribution in [3.63, 3.8) is 0 Å². The first-order valence-electron chi connectivity index (χ1n) is 6.75. The minimum Gasteiger partial charge on any atom is -0.395 e. The van der Waals surface area contributed by atoms with E-state index < -0.39 is 0 Å². The summed E-state index contributed by atoms with van der Waals surface area (Å²) in [5, 5.41) is 20.6. The molecule has 0 atom stereocenters. The first kappa shape index (κ1) is 15.1. The summed E-state index contributed by atoms with van der Waals surface area (Å²) < 4.78 is 1.97. The van der Waals surface area contributed by atoms with Gasteiger partial charge in [0.2, 0.25) is 0 Å². The van der Waals surface area contributed by atoms with Crippen molar-refractivity contribution < 1.29 is 15.0 Å². The standard InChI is InChI=1S/C15H19N3O3/c19-11-9-18(10-12-20)15(21)16-13-3-5-14(6-4-13)17-7-1-2-8-17/h1-8,19-20H,9-12H2,(H,16,21). The minimum absolute atomic E-state index is 0.139. The van der Waals surface area contributed by atoms with Crippen molar-refractivity contribution in [3.8, 4) is 5.69 Å². The maximum atomic E-state index is 12.0. The van der Waals surface area contributed by atoms with Gasteiger partial charge in [-0.3, -0.25) is 0 Å². The molecule has 0 aliphatic carbocycles. The van der Waals surface area contributed by atoms with Crippen LogP contribution in [0.4, 0.5) is 10.5 Å². The highest BCUT2D eigenvalue weighted by molar-refractivity contribution is 5.89. The third-order valence-electron chi connectivity index (χ3n) is 3.05. The first-order chi connectivity index (χ1) is 10.2. The summed E-state index contributed by atoms with van der Waals surface area (Å²) in [6.07, 6.45) is 3.88. The number of amides is 2. The number of hydrogen-bond acceptors (Lipinski definition) is 3. The highest BCUT2D eigenvalue weighted by atomic mass is 16.3. The quantitative estimate of drug-likeness (QED) is 0.750. The fraction of sp³-hybridized carbons (Fsp3) is 0.267. The lowest BCUT2D eigenvalue weighted by molar-refractivity contribution is 0.167. The maximum Gasteiger partial charge on any atom is 0.321 e. The van der Waals surface area contributed by atoms with Crippen molar-refractivity contribution in [3.05, 3.63) is 48.8 Å². The lowest BCUT2D eigenvalue weighted by Crippen LogP contribution is -2.38. The predicted molar refractivity (Wildman–Crippen MR) is 80.5 cm³/mol. The van der Waals surface area contributed by atoms with Crippen LogP contribution in [0, 0.1) is 0 Å². The minimum atomic E-state index is -0.341. The molecule has 2 aromatic rings. The second-order valence-corrected chi connectivity index (χ2v) is 4.50. The van der Waals surface area contributed by atoms with E-state index in [2.05, 4.69) is 5.32 Å². The Labute approximate surface area is 123 Å². The van der Waals surface area contributed by atoms with Gasteiger partial charge < -0.3 is 25.0 Å². The molecule has 0 aliphatic heterocycles. The number of benzene rings is 1. The van der Waals surface area contributed by atoms with E-state index in [-0.39, 0.29) is 32.3 Å². The van der Waals surface area contributed by atoms with E-state index in [0.717, 1.165) is 5.69 Å². The van der Waals surface area contributed by atoms with Crippen LogP contribution in [-0.2, 0) is 0 Å². The number of aromatic nitrogens is 1. The highest BCUT2D eigenvalue weighted by Crippen LogP contribution is 2.14. The van der Waals surface area contributed by atoms with Crippen LogP contribution in [0.25, 0.3) is 5.69 Å². The molecule has 0 saturated carbocycles. The first-order valence-corrected chi connectivity index (χ1v) is 6.75.